The maximum atomic E-state index is 14.6. The van der Waals surface area contributed by atoms with Gasteiger partial charge in [-0.1, -0.05) is 54.6 Å². The molecule has 1 N–H and O–H groups in total. The van der Waals surface area contributed by atoms with E-state index in [-0.39, 0.29) is 11.6 Å². The van der Waals surface area contributed by atoms with E-state index in [1.54, 1.807) is 36.5 Å². The number of halogens is 1. The molecule has 0 saturated carbocycles. The zero-order valence-electron chi connectivity index (χ0n) is 18.0. The van der Waals surface area contributed by atoms with E-state index in [0.717, 1.165) is 16.0 Å². The minimum absolute atomic E-state index is 0.0831. The average molecular weight is 453 g/mol. The lowest BCUT2D eigenvalue weighted by Crippen LogP contribution is -2.46. The number of fused-ring (bicyclic) bond motifs is 5. The molecule has 2 saturated heterocycles. The van der Waals surface area contributed by atoms with Crippen molar-refractivity contribution in [2.75, 3.05) is 10.2 Å². The molecule has 0 spiro atoms. The number of carbonyl (C=O) groups excluding carboxylic acids is 3. The van der Waals surface area contributed by atoms with Gasteiger partial charge in [-0.2, -0.15) is 0 Å². The summed E-state index contributed by atoms with van der Waals surface area (Å²) >= 11 is 0. The molecule has 3 amide bonds. The number of nitrogens with zero attached hydrogens (tertiary/aromatic N) is 2. The highest BCUT2D eigenvalue weighted by atomic mass is 19.1. The number of hydrogen-bond acceptors (Lipinski definition) is 4. The molecule has 6 rings (SSSR count). The number of amides is 3. The second kappa shape index (κ2) is 7.66. The van der Waals surface area contributed by atoms with Crippen LogP contribution in [0, 0.1) is 17.7 Å². The first kappa shape index (κ1) is 20.4. The van der Waals surface area contributed by atoms with Crippen LogP contribution in [0.4, 0.5) is 15.8 Å². The Morgan fingerprint density at radius 3 is 2.29 bits per heavy atom. The third kappa shape index (κ3) is 2.90. The largest absolute Gasteiger partial charge is 0.357 e. The van der Waals surface area contributed by atoms with E-state index in [9.17, 15) is 18.8 Å². The Labute approximate surface area is 195 Å². The van der Waals surface area contributed by atoms with E-state index < -0.39 is 41.6 Å². The van der Waals surface area contributed by atoms with Crippen molar-refractivity contribution in [3.8, 4) is 0 Å². The maximum Gasteiger partial charge on any atom is 0.247 e. The molecule has 0 aromatic heterocycles. The van der Waals surface area contributed by atoms with Crippen LogP contribution in [0.5, 0.6) is 0 Å². The van der Waals surface area contributed by atoms with Crippen molar-refractivity contribution in [1.29, 1.82) is 0 Å². The van der Waals surface area contributed by atoms with Crippen LogP contribution >= 0.6 is 0 Å². The molecular weight excluding hydrogens is 433 g/mol. The van der Waals surface area contributed by atoms with E-state index in [1.807, 2.05) is 41.3 Å². The third-order valence-corrected chi connectivity index (χ3v) is 6.86. The summed E-state index contributed by atoms with van der Waals surface area (Å²) in [5.74, 6) is -3.86. The van der Waals surface area contributed by atoms with E-state index in [0.29, 0.717) is 5.69 Å². The zero-order chi connectivity index (χ0) is 23.4. The van der Waals surface area contributed by atoms with Crippen LogP contribution in [0.1, 0.15) is 17.2 Å². The summed E-state index contributed by atoms with van der Waals surface area (Å²) in [4.78, 5) is 43.7. The fourth-order valence-corrected chi connectivity index (χ4v) is 5.47. The first-order valence-corrected chi connectivity index (χ1v) is 11.1. The fourth-order valence-electron chi connectivity index (χ4n) is 5.47. The van der Waals surface area contributed by atoms with Crippen molar-refractivity contribution >= 4 is 35.2 Å². The number of benzene rings is 3. The first-order chi connectivity index (χ1) is 16.6. The van der Waals surface area contributed by atoms with Gasteiger partial charge >= 0.3 is 0 Å². The minimum Gasteiger partial charge on any atom is -0.357 e. The van der Waals surface area contributed by atoms with Gasteiger partial charge in [0.25, 0.3) is 0 Å². The lowest BCUT2D eigenvalue weighted by molar-refractivity contribution is -0.128. The molecule has 3 aromatic rings. The minimum atomic E-state index is -0.948. The molecule has 168 valence electrons. The van der Waals surface area contributed by atoms with Crippen LogP contribution in [-0.2, 0) is 14.4 Å². The van der Waals surface area contributed by atoms with Gasteiger partial charge in [-0.25, -0.2) is 9.29 Å². The highest BCUT2D eigenvalue weighted by Crippen LogP contribution is 2.53. The number of imide groups is 1. The smallest absolute Gasteiger partial charge is 0.247 e. The normalized spacial score (nSPS) is 24.6. The van der Waals surface area contributed by atoms with Gasteiger partial charge in [-0.3, -0.25) is 14.4 Å². The molecule has 6 nitrogen and oxygen atoms in total. The van der Waals surface area contributed by atoms with Gasteiger partial charge in [0.15, 0.2) is 0 Å². The lowest BCUT2D eigenvalue weighted by Gasteiger charge is -2.35. The number of rotatable bonds is 3. The molecule has 0 aliphatic carbocycles. The van der Waals surface area contributed by atoms with Crippen molar-refractivity contribution in [3.63, 3.8) is 0 Å². The molecule has 0 radical (unpaired) electrons. The maximum absolute atomic E-state index is 14.6. The summed E-state index contributed by atoms with van der Waals surface area (Å²) in [7, 11) is 0. The molecule has 0 bridgehead atoms. The highest BCUT2D eigenvalue weighted by molar-refractivity contribution is 6.24. The van der Waals surface area contributed by atoms with Crippen LogP contribution in [-0.4, -0.2) is 28.7 Å². The Balaban J connectivity index is 1.46. The Morgan fingerprint density at radius 2 is 1.50 bits per heavy atom. The Hall–Kier alpha value is -4.26. The van der Waals surface area contributed by atoms with Gasteiger partial charge in [-0.15, -0.1) is 0 Å². The Kier molecular flexibility index (Phi) is 4.58. The Morgan fingerprint density at radius 1 is 0.824 bits per heavy atom. The van der Waals surface area contributed by atoms with Crippen LogP contribution in [0.3, 0.4) is 0 Å². The summed E-state index contributed by atoms with van der Waals surface area (Å²) in [5, 5.41) is 2.88. The van der Waals surface area contributed by atoms with Crippen LogP contribution < -0.4 is 10.2 Å². The number of hydrogen-bond donors (Lipinski definition) is 1. The zero-order valence-corrected chi connectivity index (χ0v) is 18.0. The first-order valence-electron chi connectivity index (χ1n) is 11.1. The predicted octanol–water partition coefficient (Wildman–Crippen LogP) is 3.98. The molecular formula is C27H20FN3O3. The standard InChI is InChI=1S/C27H20FN3O3/c28-19-12-6-7-13-20(19)31-26(33)21-22(27(31)34)24(25(32)29-17-9-2-1-3-10-17)30-15-14-16-8-4-5-11-18(16)23(21)30/h1-15,21-24H,(H,29,32)/t21-,22-,23-,24+/m1/s1. The van der Waals surface area contributed by atoms with E-state index in [2.05, 4.69) is 5.32 Å². The fraction of sp³-hybridized carbons (Fsp3) is 0.148. The van der Waals surface area contributed by atoms with Gasteiger partial charge in [0.05, 0.1) is 23.6 Å². The molecule has 34 heavy (non-hydrogen) atoms. The van der Waals surface area contributed by atoms with Crippen molar-refractivity contribution in [2.24, 2.45) is 11.8 Å². The molecule has 3 aromatic carbocycles. The lowest BCUT2D eigenvalue weighted by atomic mass is 9.84. The number of nitrogens with one attached hydrogen (secondary N) is 1. The molecule has 2 fully saturated rings. The van der Waals surface area contributed by atoms with Gasteiger partial charge in [0, 0.05) is 11.9 Å². The van der Waals surface area contributed by atoms with Crippen LogP contribution in [0.15, 0.2) is 85.1 Å². The molecule has 0 unspecified atom stereocenters. The molecule has 7 heteroatoms. The SMILES string of the molecule is O=C(Nc1ccccc1)[C@@H]1[C@@H]2C(=O)N(c3ccccc3F)C(=O)[C@H]2[C@H]2c3ccccc3C=CN12. The summed E-state index contributed by atoms with van der Waals surface area (Å²) in [6.07, 6.45) is 3.67. The summed E-state index contributed by atoms with van der Waals surface area (Å²) in [6, 6.07) is 20.9. The quantitative estimate of drug-likeness (QED) is 0.609. The van der Waals surface area contributed by atoms with Gasteiger partial charge in [-0.05, 0) is 41.5 Å². The second-order valence-electron chi connectivity index (χ2n) is 8.65. The van der Waals surface area contributed by atoms with E-state index in [4.69, 9.17) is 0 Å². The Bertz CT molecular complexity index is 1360. The van der Waals surface area contributed by atoms with E-state index >= 15 is 0 Å². The van der Waals surface area contributed by atoms with Crippen molar-refractivity contribution in [1.82, 2.24) is 4.90 Å². The summed E-state index contributed by atoms with van der Waals surface area (Å²) in [6.45, 7) is 0. The van der Waals surface area contributed by atoms with Crippen LogP contribution in [0.2, 0.25) is 0 Å². The third-order valence-electron chi connectivity index (χ3n) is 6.86. The predicted molar refractivity (Wildman–Crippen MR) is 125 cm³/mol. The van der Waals surface area contributed by atoms with Crippen molar-refractivity contribution in [3.05, 3.63) is 102 Å². The topological polar surface area (TPSA) is 69.7 Å². The van der Waals surface area contributed by atoms with Crippen molar-refractivity contribution in [2.45, 2.75) is 12.1 Å². The number of carbonyl (C=O) groups is 3. The second-order valence-corrected chi connectivity index (χ2v) is 8.65. The number of para-hydroxylation sites is 2. The molecule has 3 heterocycles. The summed E-state index contributed by atoms with van der Waals surface area (Å²) in [5.41, 5.74) is 2.31. The van der Waals surface area contributed by atoms with E-state index in [1.165, 1.54) is 18.2 Å². The van der Waals surface area contributed by atoms with Crippen molar-refractivity contribution < 1.29 is 18.8 Å². The monoisotopic (exact) mass is 453 g/mol. The highest BCUT2D eigenvalue weighted by Gasteiger charge is 2.64. The average Bonchev–Trinajstić information content (AvgIpc) is 3.33. The summed E-state index contributed by atoms with van der Waals surface area (Å²) < 4.78 is 14.6. The molecule has 4 atom stereocenters. The molecule has 3 aliphatic heterocycles. The van der Waals surface area contributed by atoms with Gasteiger partial charge in [0.1, 0.15) is 11.9 Å². The van der Waals surface area contributed by atoms with Crippen LogP contribution in [0.25, 0.3) is 6.08 Å². The molecule has 3 aliphatic rings. The van der Waals surface area contributed by atoms with Gasteiger partial charge < -0.3 is 10.2 Å². The van der Waals surface area contributed by atoms with Gasteiger partial charge in [0.2, 0.25) is 17.7 Å². The number of anilines is 2.